The second kappa shape index (κ2) is 5.30. The van der Waals surface area contributed by atoms with Crippen molar-refractivity contribution >= 4 is 17.4 Å². The summed E-state index contributed by atoms with van der Waals surface area (Å²) >= 11 is 1.52. The van der Waals surface area contributed by atoms with Crippen LogP contribution in [0.5, 0.6) is 5.75 Å². The SMILES string of the molecule is CCOc1cc(N)cc(Sc2nnc(C)n2C)c1. The first-order valence-corrected chi connectivity index (χ1v) is 6.49. The maximum atomic E-state index is 5.85. The van der Waals surface area contributed by atoms with Crippen molar-refractivity contribution in [2.24, 2.45) is 7.05 Å². The number of aromatic nitrogens is 3. The van der Waals surface area contributed by atoms with Gasteiger partial charge in [-0.05, 0) is 37.7 Å². The Hall–Kier alpha value is -1.69. The molecular weight excluding hydrogens is 248 g/mol. The summed E-state index contributed by atoms with van der Waals surface area (Å²) in [5.74, 6) is 1.66. The van der Waals surface area contributed by atoms with Crippen LogP contribution in [0.3, 0.4) is 0 Å². The topological polar surface area (TPSA) is 66.0 Å². The molecule has 1 heterocycles. The van der Waals surface area contributed by atoms with E-state index in [1.807, 2.05) is 43.7 Å². The number of benzene rings is 1. The van der Waals surface area contributed by atoms with Gasteiger partial charge >= 0.3 is 0 Å². The summed E-state index contributed by atoms with van der Waals surface area (Å²) in [6, 6.07) is 5.67. The van der Waals surface area contributed by atoms with Crippen molar-refractivity contribution in [2.45, 2.75) is 23.9 Å². The molecule has 96 valence electrons. The molecular formula is C12H16N4OS. The second-order valence-corrected chi connectivity index (χ2v) is 4.90. The van der Waals surface area contributed by atoms with E-state index in [2.05, 4.69) is 10.2 Å². The molecule has 0 unspecified atom stereocenters. The fraction of sp³-hybridized carbons (Fsp3) is 0.333. The molecule has 0 spiro atoms. The molecule has 0 saturated heterocycles. The van der Waals surface area contributed by atoms with E-state index in [1.165, 1.54) is 11.8 Å². The number of rotatable bonds is 4. The minimum Gasteiger partial charge on any atom is -0.494 e. The number of nitrogen functional groups attached to an aromatic ring is 1. The summed E-state index contributed by atoms with van der Waals surface area (Å²) in [5, 5.41) is 8.97. The first kappa shape index (κ1) is 12.8. The highest BCUT2D eigenvalue weighted by Crippen LogP contribution is 2.31. The Morgan fingerprint density at radius 2 is 2.11 bits per heavy atom. The molecule has 0 bridgehead atoms. The van der Waals surface area contributed by atoms with Gasteiger partial charge in [-0.25, -0.2) is 0 Å². The Morgan fingerprint density at radius 3 is 2.72 bits per heavy atom. The molecule has 0 saturated carbocycles. The van der Waals surface area contributed by atoms with Gasteiger partial charge in [0.05, 0.1) is 6.61 Å². The molecule has 1 aromatic heterocycles. The van der Waals surface area contributed by atoms with Crippen LogP contribution in [-0.4, -0.2) is 21.4 Å². The largest absolute Gasteiger partial charge is 0.494 e. The van der Waals surface area contributed by atoms with E-state index < -0.39 is 0 Å². The third-order valence-corrected chi connectivity index (χ3v) is 3.48. The Labute approximate surface area is 110 Å². The summed E-state index contributed by atoms with van der Waals surface area (Å²) in [5.41, 5.74) is 6.53. The summed E-state index contributed by atoms with van der Waals surface area (Å²) in [6.07, 6.45) is 0. The molecule has 18 heavy (non-hydrogen) atoms. The first-order valence-electron chi connectivity index (χ1n) is 5.67. The van der Waals surface area contributed by atoms with Crippen LogP contribution in [0.1, 0.15) is 12.7 Å². The maximum absolute atomic E-state index is 5.85. The van der Waals surface area contributed by atoms with Crippen molar-refractivity contribution < 1.29 is 4.74 Å². The predicted octanol–water partition coefficient (Wildman–Crippen LogP) is 2.26. The average Bonchev–Trinajstić information content (AvgIpc) is 2.61. The Bertz CT molecular complexity index is 553. The van der Waals surface area contributed by atoms with Crippen molar-refractivity contribution in [1.82, 2.24) is 14.8 Å². The molecule has 1 aromatic carbocycles. The third kappa shape index (κ3) is 2.76. The molecule has 0 atom stereocenters. The van der Waals surface area contributed by atoms with E-state index in [0.717, 1.165) is 21.6 Å². The highest BCUT2D eigenvalue weighted by molar-refractivity contribution is 7.99. The molecule has 0 radical (unpaired) electrons. The van der Waals surface area contributed by atoms with Gasteiger partial charge in [0.1, 0.15) is 11.6 Å². The van der Waals surface area contributed by atoms with E-state index in [4.69, 9.17) is 10.5 Å². The third-order valence-electron chi connectivity index (χ3n) is 2.48. The van der Waals surface area contributed by atoms with Crippen LogP contribution in [0.4, 0.5) is 5.69 Å². The van der Waals surface area contributed by atoms with E-state index in [1.54, 1.807) is 0 Å². The summed E-state index contributed by atoms with van der Waals surface area (Å²) < 4.78 is 7.40. The molecule has 0 fully saturated rings. The van der Waals surface area contributed by atoms with Crippen molar-refractivity contribution in [1.29, 1.82) is 0 Å². The van der Waals surface area contributed by atoms with Gasteiger partial charge in [0.25, 0.3) is 0 Å². The molecule has 2 rings (SSSR count). The molecule has 5 nitrogen and oxygen atoms in total. The van der Waals surface area contributed by atoms with Gasteiger partial charge in [0.2, 0.25) is 0 Å². The maximum Gasteiger partial charge on any atom is 0.195 e. The van der Waals surface area contributed by atoms with Crippen molar-refractivity contribution in [3.05, 3.63) is 24.0 Å². The molecule has 2 N–H and O–H groups in total. The summed E-state index contributed by atoms with van der Waals surface area (Å²) in [4.78, 5) is 0.994. The molecule has 0 aliphatic heterocycles. The van der Waals surface area contributed by atoms with Gasteiger partial charge < -0.3 is 15.0 Å². The number of nitrogens with two attached hydrogens (primary N) is 1. The lowest BCUT2D eigenvalue weighted by molar-refractivity contribution is 0.339. The van der Waals surface area contributed by atoms with Crippen molar-refractivity contribution in [3.8, 4) is 5.75 Å². The van der Waals surface area contributed by atoms with Crippen LogP contribution in [-0.2, 0) is 7.05 Å². The fourth-order valence-electron chi connectivity index (χ4n) is 1.48. The van der Waals surface area contributed by atoms with Gasteiger partial charge in [-0.3, -0.25) is 0 Å². The number of ether oxygens (including phenoxy) is 1. The Morgan fingerprint density at radius 1 is 1.33 bits per heavy atom. The summed E-state index contributed by atoms with van der Waals surface area (Å²) in [6.45, 7) is 4.49. The number of nitrogens with zero attached hydrogens (tertiary/aromatic N) is 3. The van der Waals surface area contributed by atoms with Crippen LogP contribution in [0.2, 0.25) is 0 Å². The molecule has 0 amide bonds. The van der Waals surface area contributed by atoms with Crippen molar-refractivity contribution in [3.63, 3.8) is 0 Å². The standard InChI is InChI=1S/C12H16N4OS/c1-4-17-10-5-9(13)6-11(7-10)18-12-15-14-8(2)16(12)3/h5-7H,4,13H2,1-3H3. The van der Waals surface area contributed by atoms with Crippen LogP contribution in [0.25, 0.3) is 0 Å². The Kier molecular flexibility index (Phi) is 3.76. The fourth-order valence-corrected chi connectivity index (χ4v) is 2.42. The second-order valence-electron chi connectivity index (χ2n) is 3.86. The highest BCUT2D eigenvalue weighted by atomic mass is 32.2. The monoisotopic (exact) mass is 264 g/mol. The van der Waals surface area contributed by atoms with Crippen LogP contribution in [0.15, 0.2) is 28.3 Å². The molecule has 0 aliphatic carbocycles. The van der Waals surface area contributed by atoms with E-state index in [-0.39, 0.29) is 0 Å². The summed E-state index contributed by atoms with van der Waals surface area (Å²) in [7, 11) is 1.94. The minimum absolute atomic E-state index is 0.622. The number of hydrogen-bond donors (Lipinski definition) is 1. The predicted molar refractivity (Wildman–Crippen MR) is 71.9 cm³/mol. The lowest BCUT2D eigenvalue weighted by Gasteiger charge is -2.07. The number of anilines is 1. The smallest absolute Gasteiger partial charge is 0.195 e. The minimum atomic E-state index is 0.622. The lowest BCUT2D eigenvalue weighted by atomic mass is 10.3. The number of aryl methyl sites for hydroxylation is 1. The van der Waals surface area contributed by atoms with Gasteiger partial charge in [-0.1, -0.05) is 0 Å². The zero-order chi connectivity index (χ0) is 13.1. The van der Waals surface area contributed by atoms with E-state index in [0.29, 0.717) is 12.3 Å². The number of hydrogen-bond acceptors (Lipinski definition) is 5. The first-order chi connectivity index (χ1) is 8.60. The van der Waals surface area contributed by atoms with Crippen molar-refractivity contribution in [2.75, 3.05) is 12.3 Å². The van der Waals surface area contributed by atoms with Gasteiger partial charge in [0.15, 0.2) is 5.16 Å². The van der Waals surface area contributed by atoms with Crippen LogP contribution in [0, 0.1) is 6.92 Å². The zero-order valence-electron chi connectivity index (χ0n) is 10.7. The van der Waals surface area contributed by atoms with Gasteiger partial charge in [-0.15, -0.1) is 10.2 Å². The highest BCUT2D eigenvalue weighted by Gasteiger charge is 2.08. The average molecular weight is 264 g/mol. The van der Waals surface area contributed by atoms with Crippen LogP contribution >= 0.6 is 11.8 Å². The quantitative estimate of drug-likeness (QED) is 0.858. The van der Waals surface area contributed by atoms with Crippen LogP contribution < -0.4 is 10.5 Å². The van der Waals surface area contributed by atoms with E-state index >= 15 is 0 Å². The zero-order valence-corrected chi connectivity index (χ0v) is 11.5. The van der Waals surface area contributed by atoms with Gasteiger partial charge in [0, 0.05) is 23.7 Å². The molecule has 6 heteroatoms. The molecule has 2 aromatic rings. The van der Waals surface area contributed by atoms with E-state index in [9.17, 15) is 0 Å². The van der Waals surface area contributed by atoms with Gasteiger partial charge in [-0.2, -0.15) is 0 Å². The Balaban J connectivity index is 2.26. The molecule has 0 aliphatic rings. The normalized spacial score (nSPS) is 10.6. The lowest BCUT2D eigenvalue weighted by Crippen LogP contribution is -1.95.